The molecule has 4 aromatic rings. The van der Waals surface area contributed by atoms with Gasteiger partial charge in [0.25, 0.3) is 5.91 Å². The number of aliphatic carboxylic acids is 1. The number of carbonyl (C=O) groups is 2. The molecule has 0 bridgehead atoms. The Labute approximate surface area is 222 Å². The molecule has 0 radical (unpaired) electrons. The van der Waals surface area contributed by atoms with Crippen LogP contribution in [0, 0.1) is 0 Å². The molecule has 0 saturated carbocycles. The van der Waals surface area contributed by atoms with Crippen LogP contribution in [0.1, 0.15) is 21.5 Å². The van der Waals surface area contributed by atoms with Gasteiger partial charge in [-0.25, -0.2) is 4.79 Å². The molecule has 4 aromatic carbocycles. The first-order valence-electron chi connectivity index (χ1n) is 11.9. The molecule has 0 aliphatic rings. The van der Waals surface area contributed by atoms with E-state index in [0.29, 0.717) is 16.9 Å². The monoisotopic (exact) mass is 535 g/mol. The summed E-state index contributed by atoms with van der Waals surface area (Å²) in [7, 11) is 0. The Bertz CT molecular complexity index is 1390. The maximum absolute atomic E-state index is 12.7. The Hall–Kier alpha value is -4.79. The van der Waals surface area contributed by atoms with E-state index in [2.05, 4.69) is 10.1 Å². The van der Waals surface area contributed by atoms with Crippen molar-refractivity contribution >= 4 is 11.9 Å². The number of nitrogens with one attached hydrogen (secondary N) is 1. The second-order valence-electron chi connectivity index (χ2n) is 8.64. The average Bonchev–Trinajstić information content (AvgIpc) is 2.92. The minimum Gasteiger partial charge on any atom is -0.489 e. The lowest BCUT2D eigenvalue weighted by Crippen LogP contribution is -2.42. The van der Waals surface area contributed by atoms with E-state index < -0.39 is 24.3 Å². The van der Waals surface area contributed by atoms with Crippen LogP contribution in [0.2, 0.25) is 0 Å². The molecule has 0 aromatic heterocycles. The molecule has 6 nitrogen and oxygen atoms in total. The van der Waals surface area contributed by atoms with Crippen LogP contribution >= 0.6 is 0 Å². The van der Waals surface area contributed by atoms with E-state index in [4.69, 9.17) is 4.74 Å². The van der Waals surface area contributed by atoms with Gasteiger partial charge in [0.1, 0.15) is 24.1 Å². The van der Waals surface area contributed by atoms with Crippen LogP contribution in [0.4, 0.5) is 13.2 Å². The van der Waals surface area contributed by atoms with Crippen molar-refractivity contribution in [2.45, 2.75) is 25.4 Å². The van der Waals surface area contributed by atoms with Gasteiger partial charge in [0.2, 0.25) is 0 Å². The fraction of sp³-hybridized carbons (Fsp3) is 0.133. The van der Waals surface area contributed by atoms with Gasteiger partial charge in [-0.05, 0) is 58.7 Å². The number of carboxylic acid groups (broad SMARTS) is 1. The number of alkyl halides is 3. The highest BCUT2D eigenvalue weighted by molar-refractivity contribution is 5.97. The van der Waals surface area contributed by atoms with E-state index >= 15 is 0 Å². The van der Waals surface area contributed by atoms with Gasteiger partial charge in [-0.1, -0.05) is 66.7 Å². The largest absolute Gasteiger partial charge is 0.573 e. The first-order valence-corrected chi connectivity index (χ1v) is 11.9. The summed E-state index contributed by atoms with van der Waals surface area (Å²) < 4.78 is 46.4. The number of carbonyl (C=O) groups excluding carboxylic acids is 1. The van der Waals surface area contributed by atoms with Gasteiger partial charge in [0, 0.05) is 12.0 Å². The summed E-state index contributed by atoms with van der Waals surface area (Å²) in [6, 6.07) is 27.4. The van der Waals surface area contributed by atoms with Crippen molar-refractivity contribution in [3.63, 3.8) is 0 Å². The number of rotatable bonds is 10. The minimum absolute atomic E-state index is 0.164. The summed E-state index contributed by atoms with van der Waals surface area (Å²) in [5.41, 5.74) is 3.54. The van der Waals surface area contributed by atoms with Gasteiger partial charge in [-0.15, -0.1) is 13.2 Å². The Morgan fingerprint density at radius 1 is 0.744 bits per heavy atom. The number of hydrogen-bond donors (Lipinski definition) is 2. The predicted octanol–water partition coefficient (Wildman–Crippen LogP) is 6.26. The summed E-state index contributed by atoms with van der Waals surface area (Å²) in [5.74, 6) is -1.32. The quantitative estimate of drug-likeness (QED) is 0.251. The van der Waals surface area contributed by atoms with Crippen LogP contribution < -0.4 is 14.8 Å². The molecule has 0 heterocycles. The highest BCUT2D eigenvalue weighted by Gasteiger charge is 2.31. The van der Waals surface area contributed by atoms with Crippen LogP contribution in [0.5, 0.6) is 11.5 Å². The number of hydrogen-bond acceptors (Lipinski definition) is 4. The Balaban J connectivity index is 1.32. The predicted molar refractivity (Wildman–Crippen MR) is 138 cm³/mol. The first kappa shape index (κ1) is 27.3. The highest BCUT2D eigenvalue weighted by atomic mass is 19.4. The standard InChI is InChI=1S/C30H24F3NO5/c31-30(32,33)39-26-14-6-21(7-15-26)19-38-25-16-12-23(13-17-25)22-8-10-24(11-9-22)28(35)34-27(29(36)37)18-20-4-2-1-3-5-20/h1-17,27H,18-19H2,(H,34,35)(H,36,37). The fourth-order valence-electron chi connectivity index (χ4n) is 3.80. The summed E-state index contributed by atoms with van der Waals surface area (Å²) in [4.78, 5) is 24.3. The van der Waals surface area contributed by atoms with Crippen molar-refractivity contribution in [1.82, 2.24) is 5.32 Å². The zero-order valence-corrected chi connectivity index (χ0v) is 20.5. The molecule has 0 aliphatic heterocycles. The zero-order valence-electron chi connectivity index (χ0n) is 20.5. The maximum Gasteiger partial charge on any atom is 0.573 e. The molecular formula is C30H24F3NO5. The molecule has 2 N–H and O–H groups in total. The zero-order chi connectivity index (χ0) is 27.8. The van der Waals surface area contributed by atoms with Crippen LogP contribution in [0.15, 0.2) is 103 Å². The van der Waals surface area contributed by atoms with E-state index in [-0.39, 0.29) is 18.8 Å². The fourth-order valence-corrected chi connectivity index (χ4v) is 3.80. The molecule has 0 fully saturated rings. The number of carboxylic acids is 1. The lowest BCUT2D eigenvalue weighted by molar-refractivity contribution is -0.274. The van der Waals surface area contributed by atoms with Gasteiger partial charge in [-0.3, -0.25) is 4.79 Å². The van der Waals surface area contributed by atoms with Crippen molar-refractivity contribution in [2.24, 2.45) is 0 Å². The number of halogens is 3. The number of amides is 1. The van der Waals surface area contributed by atoms with Crippen LogP contribution in [0.25, 0.3) is 11.1 Å². The molecular weight excluding hydrogens is 511 g/mol. The lowest BCUT2D eigenvalue weighted by Gasteiger charge is -2.15. The van der Waals surface area contributed by atoms with Crippen LogP contribution in [-0.2, 0) is 17.8 Å². The maximum atomic E-state index is 12.7. The van der Waals surface area contributed by atoms with E-state index in [1.807, 2.05) is 42.5 Å². The topological polar surface area (TPSA) is 84.9 Å². The van der Waals surface area contributed by atoms with Gasteiger partial charge < -0.3 is 19.9 Å². The van der Waals surface area contributed by atoms with E-state index in [0.717, 1.165) is 16.7 Å². The van der Waals surface area contributed by atoms with E-state index in [9.17, 15) is 27.9 Å². The molecule has 1 amide bonds. The summed E-state index contributed by atoms with van der Waals surface area (Å²) in [6.45, 7) is 0.164. The molecule has 4 rings (SSSR count). The third kappa shape index (κ3) is 8.10. The summed E-state index contributed by atoms with van der Waals surface area (Å²) in [6.07, 6.45) is -4.56. The molecule has 1 unspecified atom stereocenters. The average molecular weight is 536 g/mol. The van der Waals surface area contributed by atoms with E-state index in [1.165, 1.54) is 24.3 Å². The Morgan fingerprint density at radius 3 is 1.87 bits per heavy atom. The molecule has 0 saturated heterocycles. The van der Waals surface area contributed by atoms with Gasteiger partial charge in [-0.2, -0.15) is 0 Å². The molecule has 0 aliphatic carbocycles. The second kappa shape index (κ2) is 12.2. The highest BCUT2D eigenvalue weighted by Crippen LogP contribution is 2.25. The Kier molecular flexibility index (Phi) is 8.50. The van der Waals surface area contributed by atoms with Crippen molar-refractivity contribution in [3.8, 4) is 22.6 Å². The van der Waals surface area contributed by atoms with Crippen molar-refractivity contribution in [1.29, 1.82) is 0 Å². The van der Waals surface area contributed by atoms with Crippen LogP contribution in [-0.4, -0.2) is 29.4 Å². The minimum atomic E-state index is -4.74. The summed E-state index contributed by atoms with van der Waals surface area (Å²) >= 11 is 0. The Morgan fingerprint density at radius 2 is 1.31 bits per heavy atom. The first-order chi connectivity index (χ1) is 18.7. The molecule has 200 valence electrons. The number of ether oxygens (including phenoxy) is 2. The number of benzene rings is 4. The molecule has 9 heteroatoms. The van der Waals surface area contributed by atoms with Crippen LogP contribution in [0.3, 0.4) is 0 Å². The van der Waals surface area contributed by atoms with E-state index in [1.54, 1.807) is 36.4 Å². The van der Waals surface area contributed by atoms with Crippen molar-refractivity contribution < 1.29 is 37.3 Å². The molecule has 0 spiro atoms. The normalized spacial score (nSPS) is 11.9. The van der Waals surface area contributed by atoms with Crippen molar-refractivity contribution in [3.05, 3.63) is 120 Å². The molecule has 1 atom stereocenters. The summed E-state index contributed by atoms with van der Waals surface area (Å²) in [5, 5.41) is 12.1. The van der Waals surface area contributed by atoms with Gasteiger partial charge in [0.05, 0.1) is 0 Å². The van der Waals surface area contributed by atoms with Crippen molar-refractivity contribution in [2.75, 3.05) is 0 Å². The smallest absolute Gasteiger partial charge is 0.489 e. The second-order valence-corrected chi connectivity index (χ2v) is 8.64. The SMILES string of the molecule is O=C(NC(Cc1ccccc1)C(=O)O)c1ccc(-c2ccc(OCc3ccc(OC(F)(F)F)cc3)cc2)cc1. The molecule has 39 heavy (non-hydrogen) atoms. The third-order valence-corrected chi connectivity index (χ3v) is 5.78. The third-order valence-electron chi connectivity index (χ3n) is 5.78. The van der Waals surface area contributed by atoms with Gasteiger partial charge in [0.15, 0.2) is 0 Å². The van der Waals surface area contributed by atoms with Gasteiger partial charge >= 0.3 is 12.3 Å². The lowest BCUT2D eigenvalue weighted by atomic mass is 10.0.